The minimum atomic E-state index is -2.93. The highest BCUT2D eigenvalue weighted by atomic mass is 32.2. The molecule has 2 unspecified atom stereocenters. The van der Waals surface area contributed by atoms with Crippen molar-refractivity contribution < 1.29 is 8.42 Å². The molecule has 0 aromatic heterocycles. The second kappa shape index (κ2) is 6.38. The predicted octanol–water partition coefficient (Wildman–Crippen LogP) is 2.75. The second-order valence-corrected chi connectivity index (χ2v) is 8.92. The molecule has 0 aromatic carbocycles. The van der Waals surface area contributed by atoms with Gasteiger partial charge >= 0.3 is 0 Å². The van der Waals surface area contributed by atoms with Gasteiger partial charge in [-0.15, -0.1) is 0 Å². The molecule has 2 atom stereocenters. The Morgan fingerprint density at radius 3 is 2.56 bits per heavy atom. The van der Waals surface area contributed by atoms with Gasteiger partial charge in [0.1, 0.15) is 0 Å². The first-order valence-electron chi connectivity index (χ1n) is 7.27. The quantitative estimate of drug-likeness (QED) is 0.811. The molecule has 0 bridgehead atoms. The summed E-state index contributed by atoms with van der Waals surface area (Å²) in [4.78, 5) is 0. The number of rotatable bonds is 6. The lowest BCUT2D eigenvalue weighted by molar-refractivity contribution is 0.138. The van der Waals surface area contributed by atoms with E-state index in [0.29, 0.717) is 12.3 Å². The van der Waals surface area contributed by atoms with E-state index in [1.807, 2.05) is 0 Å². The molecule has 2 N–H and O–H groups in total. The Balaban J connectivity index is 2.66. The molecule has 0 radical (unpaired) electrons. The summed E-state index contributed by atoms with van der Waals surface area (Å²) in [5.41, 5.74) is 6.05. The standard InChI is InChI=1S/C14H29NO2S/c1-4-13-6-5-7-14(10-13,11-15)8-9-18(16,17)12(2)3/h12-13H,4-11,15H2,1-3H3. The van der Waals surface area contributed by atoms with Crippen molar-refractivity contribution >= 4 is 9.84 Å². The minimum Gasteiger partial charge on any atom is -0.330 e. The van der Waals surface area contributed by atoms with E-state index in [-0.39, 0.29) is 10.7 Å². The highest BCUT2D eigenvalue weighted by Crippen LogP contribution is 2.42. The first kappa shape index (κ1) is 16.0. The van der Waals surface area contributed by atoms with Crippen LogP contribution in [-0.2, 0) is 9.84 Å². The summed E-state index contributed by atoms with van der Waals surface area (Å²) in [7, 11) is -2.93. The third-order valence-electron chi connectivity index (χ3n) is 4.69. The molecule has 1 rings (SSSR count). The summed E-state index contributed by atoms with van der Waals surface area (Å²) in [6.45, 7) is 6.39. The third-order valence-corrected chi connectivity index (χ3v) is 6.90. The van der Waals surface area contributed by atoms with Crippen LogP contribution in [0, 0.1) is 11.3 Å². The van der Waals surface area contributed by atoms with E-state index in [2.05, 4.69) is 6.92 Å². The van der Waals surface area contributed by atoms with Crippen molar-refractivity contribution in [3.63, 3.8) is 0 Å². The Morgan fingerprint density at radius 1 is 1.39 bits per heavy atom. The van der Waals surface area contributed by atoms with E-state index < -0.39 is 9.84 Å². The molecule has 1 aliphatic rings. The van der Waals surface area contributed by atoms with Crippen LogP contribution in [0.25, 0.3) is 0 Å². The highest BCUT2D eigenvalue weighted by molar-refractivity contribution is 7.91. The second-order valence-electron chi connectivity index (χ2n) is 6.24. The maximum absolute atomic E-state index is 11.9. The van der Waals surface area contributed by atoms with Gasteiger partial charge < -0.3 is 5.73 Å². The molecule has 0 spiro atoms. The van der Waals surface area contributed by atoms with Crippen molar-refractivity contribution in [2.45, 2.75) is 64.5 Å². The van der Waals surface area contributed by atoms with Crippen LogP contribution in [0.15, 0.2) is 0 Å². The zero-order valence-electron chi connectivity index (χ0n) is 12.1. The van der Waals surface area contributed by atoms with Crippen molar-refractivity contribution in [1.82, 2.24) is 0 Å². The van der Waals surface area contributed by atoms with Crippen molar-refractivity contribution in [2.24, 2.45) is 17.1 Å². The molecule has 0 aliphatic heterocycles. The van der Waals surface area contributed by atoms with E-state index in [1.54, 1.807) is 13.8 Å². The molecular weight excluding hydrogens is 246 g/mol. The van der Waals surface area contributed by atoms with E-state index in [1.165, 1.54) is 19.3 Å². The molecule has 0 saturated heterocycles. The van der Waals surface area contributed by atoms with E-state index in [9.17, 15) is 8.42 Å². The van der Waals surface area contributed by atoms with Crippen molar-refractivity contribution in [3.8, 4) is 0 Å². The highest BCUT2D eigenvalue weighted by Gasteiger charge is 2.35. The smallest absolute Gasteiger partial charge is 0.152 e. The average molecular weight is 275 g/mol. The summed E-state index contributed by atoms with van der Waals surface area (Å²) in [5, 5.41) is -0.266. The van der Waals surface area contributed by atoms with E-state index >= 15 is 0 Å². The number of nitrogens with two attached hydrogens (primary N) is 1. The lowest BCUT2D eigenvalue weighted by Crippen LogP contribution is -2.38. The fourth-order valence-electron chi connectivity index (χ4n) is 3.04. The molecule has 1 saturated carbocycles. The largest absolute Gasteiger partial charge is 0.330 e. The summed E-state index contributed by atoms with van der Waals surface area (Å²) in [6.07, 6.45) is 6.66. The van der Waals surface area contributed by atoms with Crippen LogP contribution in [0.2, 0.25) is 0 Å². The van der Waals surface area contributed by atoms with Crippen molar-refractivity contribution in [2.75, 3.05) is 12.3 Å². The zero-order valence-corrected chi connectivity index (χ0v) is 12.9. The Bertz CT molecular complexity index is 351. The molecule has 0 amide bonds. The number of hydrogen-bond donors (Lipinski definition) is 1. The van der Waals surface area contributed by atoms with Crippen molar-refractivity contribution in [3.05, 3.63) is 0 Å². The van der Waals surface area contributed by atoms with Gasteiger partial charge in [-0.2, -0.15) is 0 Å². The Kier molecular flexibility index (Phi) is 5.66. The van der Waals surface area contributed by atoms with Crippen LogP contribution in [-0.4, -0.2) is 26.0 Å². The van der Waals surface area contributed by atoms with Gasteiger partial charge in [0.05, 0.1) is 11.0 Å². The topological polar surface area (TPSA) is 60.2 Å². The van der Waals surface area contributed by atoms with Crippen LogP contribution in [0.5, 0.6) is 0 Å². The van der Waals surface area contributed by atoms with Gasteiger partial charge in [0.15, 0.2) is 9.84 Å². The molecule has 1 aliphatic carbocycles. The molecular formula is C14H29NO2S. The maximum atomic E-state index is 11.9. The van der Waals surface area contributed by atoms with Crippen LogP contribution >= 0.6 is 0 Å². The molecule has 1 fully saturated rings. The first-order chi connectivity index (χ1) is 8.35. The Hall–Kier alpha value is -0.0900. The predicted molar refractivity (Wildman–Crippen MR) is 77.3 cm³/mol. The minimum absolute atomic E-state index is 0.0842. The lowest BCUT2D eigenvalue weighted by Gasteiger charge is -2.40. The molecule has 0 heterocycles. The average Bonchev–Trinajstić information content (AvgIpc) is 2.36. The van der Waals surface area contributed by atoms with E-state index in [0.717, 1.165) is 25.2 Å². The van der Waals surface area contributed by atoms with Crippen LogP contribution < -0.4 is 5.73 Å². The van der Waals surface area contributed by atoms with Gasteiger partial charge in [-0.05, 0) is 51.0 Å². The fourth-order valence-corrected chi connectivity index (χ4v) is 4.23. The van der Waals surface area contributed by atoms with Crippen LogP contribution in [0.3, 0.4) is 0 Å². The lowest BCUT2D eigenvalue weighted by atomic mass is 9.67. The van der Waals surface area contributed by atoms with Gasteiger partial charge in [0.25, 0.3) is 0 Å². The van der Waals surface area contributed by atoms with Crippen LogP contribution in [0.1, 0.15) is 59.3 Å². The summed E-state index contributed by atoms with van der Waals surface area (Å²) in [6, 6.07) is 0. The molecule has 108 valence electrons. The monoisotopic (exact) mass is 275 g/mol. The molecule has 3 nitrogen and oxygen atoms in total. The normalized spacial score (nSPS) is 29.7. The van der Waals surface area contributed by atoms with Gasteiger partial charge in [-0.1, -0.05) is 26.2 Å². The van der Waals surface area contributed by atoms with E-state index in [4.69, 9.17) is 5.73 Å². The summed E-state index contributed by atoms with van der Waals surface area (Å²) < 4.78 is 23.9. The van der Waals surface area contributed by atoms with Gasteiger partial charge in [-0.3, -0.25) is 0 Å². The molecule has 0 aromatic rings. The van der Waals surface area contributed by atoms with Crippen molar-refractivity contribution in [1.29, 1.82) is 0 Å². The van der Waals surface area contributed by atoms with Gasteiger partial charge in [0.2, 0.25) is 0 Å². The molecule has 4 heteroatoms. The SMILES string of the molecule is CCC1CCCC(CN)(CCS(=O)(=O)C(C)C)C1. The number of sulfone groups is 1. The molecule has 18 heavy (non-hydrogen) atoms. The third kappa shape index (κ3) is 3.95. The summed E-state index contributed by atoms with van der Waals surface area (Å²) >= 11 is 0. The maximum Gasteiger partial charge on any atom is 0.152 e. The van der Waals surface area contributed by atoms with Crippen LogP contribution in [0.4, 0.5) is 0 Å². The van der Waals surface area contributed by atoms with Gasteiger partial charge in [0, 0.05) is 0 Å². The van der Waals surface area contributed by atoms with Gasteiger partial charge in [-0.25, -0.2) is 8.42 Å². The summed E-state index contributed by atoms with van der Waals surface area (Å²) in [5.74, 6) is 1.04. The fraction of sp³-hybridized carbons (Fsp3) is 1.00. The first-order valence-corrected chi connectivity index (χ1v) is 8.98. The Morgan fingerprint density at radius 2 is 2.06 bits per heavy atom. The zero-order chi connectivity index (χ0) is 13.8. The Labute approximate surface area is 112 Å². The number of hydrogen-bond acceptors (Lipinski definition) is 3.